The summed E-state index contributed by atoms with van der Waals surface area (Å²) >= 11 is 0. The Hall–Kier alpha value is -1.78. The van der Waals surface area contributed by atoms with E-state index in [-0.39, 0.29) is 11.6 Å². The van der Waals surface area contributed by atoms with E-state index >= 15 is 0 Å². The molecule has 0 aliphatic carbocycles. The Bertz CT molecular complexity index is 444. The van der Waals surface area contributed by atoms with E-state index < -0.39 is 7.69 Å². The second kappa shape index (κ2) is 6.24. The molecule has 2 rings (SSSR count). The van der Waals surface area contributed by atoms with E-state index in [1.54, 1.807) is 12.1 Å². The highest BCUT2D eigenvalue weighted by Gasteiger charge is 2.15. The third-order valence-corrected chi connectivity index (χ3v) is 2.77. The molecule has 2 heterocycles. The van der Waals surface area contributed by atoms with Crippen LogP contribution in [0.3, 0.4) is 0 Å². The number of nitriles is 1. The minimum atomic E-state index is -0.454. The van der Waals surface area contributed by atoms with Gasteiger partial charge in [-0.05, 0) is 18.9 Å². The van der Waals surface area contributed by atoms with Crippen molar-refractivity contribution in [2.75, 3.05) is 18.5 Å². The van der Waals surface area contributed by atoms with E-state index in [1.165, 1.54) is 0 Å². The summed E-state index contributed by atoms with van der Waals surface area (Å²) < 4.78 is 10.1. The van der Waals surface area contributed by atoms with Crippen molar-refractivity contribution in [2.24, 2.45) is 0 Å². The summed E-state index contributed by atoms with van der Waals surface area (Å²) in [6.45, 7) is 1.47. The van der Waals surface area contributed by atoms with Crippen LogP contribution in [0.15, 0.2) is 12.1 Å². The monoisotopic (exact) mass is 247 g/mol. The topological polar surface area (TPSA) is 87.4 Å². The summed E-state index contributed by atoms with van der Waals surface area (Å²) in [6.07, 6.45) is 1.83. The highest BCUT2D eigenvalue weighted by molar-refractivity contribution is 6.17. The molecule has 0 aromatic carbocycles. The zero-order chi connectivity index (χ0) is 12.8. The fraction of sp³-hybridized carbons (Fsp3) is 0.455. The second-order valence-corrected chi connectivity index (χ2v) is 3.96. The van der Waals surface area contributed by atoms with Crippen molar-refractivity contribution in [1.29, 1.82) is 5.26 Å². The van der Waals surface area contributed by atoms with Crippen LogP contribution in [0.5, 0.6) is 5.88 Å². The molecule has 18 heavy (non-hydrogen) atoms. The van der Waals surface area contributed by atoms with Gasteiger partial charge in [0.2, 0.25) is 0 Å². The first kappa shape index (κ1) is 12.7. The van der Waals surface area contributed by atoms with Crippen LogP contribution in [0.4, 0.5) is 5.69 Å². The highest BCUT2D eigenvalue weighted by Crippen LogP contribution is 2.20. The zero-order valence-electron chi connectivity index (χ0n) is 9.93. The second-order valence-electron chi connectivity index (χ2n) is 3.96. The summed E-state index contributed by atoms with van der Waals surface area (Å²) in [4.78, 5) is 4.01. The highest BCUT2D eigenvalue weighted by atomic mass is 16.5. The molecule has 0 bridgehead atoms. The van der Waals surface area contributed by atoms with Gasteiger partial charge in [0.1, 0.15) is 6.07 Å². The number of hydrogen-bond acceptors (Lipinski definition) is 6. The standard InChI is InChI=1S/C11H14BN3O3/c13-7-10-9(1-2-11(15-10)18-12-16)14-8-3-5-17-6-4-8/h1-2,8,12,14,16H,3-6H2. The van der Waals surface area contributed by atoms with Crippen molar-refractivity contribution >= 4 is 13.4 Å². The Morgan fingerprint density at radius 2 is 2.28 bits per heavy atom. The Morgan fingerprint density at radius 3 is 2.94 bits per heavy atom. The lowest BCUT2D eigenvalue weighted by molar-refractivity contribution is 0.0904. The first-order chi connectivity index (χ1) is 8.83. The average molecular weight is 247 g/mol. The number of aromatic nitrogens is 1. The van der Waals surface area contributed by atoms with Gasteiger partial charge in [0.05, 0.1) is 5.69 Å². The van der Waals surface area contributed by atoms with Crippen molar-refractivity contribution in [3.8, 4) is 11.9 Å². The van der Waals surface area contributed by atoms with Crippen LogP contribution in [0.1, 0.15) is 18.5 Å². The minimum absolute atomic E-state index is 0.242. The summed E-state index contributed by atoms with van der Waals surface area (Å²) in [5.41, 5.74) is 0.960. The lowest BCUT2D eigenvalue weighted by atomic mass is 10.1. The molecular formula is C11H14BN3O3. The van der Waals surface area contributed by atoms with Crippen LogP contribution in [0.2, 0.25) is 0 Å². The maximum atomic E-state index is 9.05. The van der Waals surface area contributed by atoms with Crippen molar-refractivity contribution < 1.29 is 14.4 Å². The smallest absolute Gasteiger partial charge is 0.505 e. The molecule has 0 spiro atoms. The molecular weight excluding hydrogens is 233 g/mol. The Balaban J connectivity index is 2.09. The molecule has 94 valence electrons. The molecule has 1 aromatic heterocycles. The molecule has 7 heteroatoms. The van der Waals surface area contributed by atoms with Gasteiger partial charge in [-0.2, -0.15) is 5.26 Å². The first-order valence-electron chi connectivity index (χ1n) is 5.82. The maximum Gasteiger partial charge on any atom is 0.505 e. The van der Waals surface area contributed by atoms with Crippen LogP contribution < -0.4 is 9.97 Å². The normalized spacial score (nSPS) is 15.8. The molecule has 0 saturated carbocycles. The van der Waals surface area contributed by atoms with E-state index in [9.17, 15) is 0 Å². The van der Waals surface area contributed by atoms with Gasteiger partial charge in [-0.15, -0.1) is 0 Å². The number of pyridine rings is 1. The van der Waals surface area contributed by atoms with Gasteiger partial charge < -0.3 is 19.7 Å². The fourth-order valence-corrected chi connectivity index (χ4v) is 1.85. The van der Waals surface area contributed by atoms with Crippen molar-refractivity contribution in [1.82, 2.24) is 4.98 Å². The van der Waals surface area contributed by atoms with Gasteiger partial charge in [-0.1, -0.05) is 0 Å². The van der Waals surface area contributed by atoms with Crippen molar-refractivity contribution in [2.45, 2.75) is 18.9 Å². The lowest BCUT2D eigenvalue weighted by Gasteiger charge is -2.24. The van der Waals surface area contributed by atoms with Gasteiger partial charge in [0.25, 0.3) is 0 Å². The molecule has 1 saturated heterocycles. The fourth-order valence-electron chi connectivity index (χ4n) is 1.85. The largest absolute Gasteiger partial charge is 0.525 e. The Morgan fingerprint density at radius 1 is 1.50 bits per heavy atom. The molecule has 0 radical (unpaired) electrons. The minimum Gasteiger partial charge on any atom is -0.525 e. The molecule has 6 nitrogen and oxygen atoms in total. The predicted molar refractivity (Wildman–Crippen MR) is 66.4 cm³/mol. The maximum absolute atomic E-state index is 9.05. The van der Waals surface area contributed by atoms with Crippen LogP contribution >= 0.6 is 0 Å². The number of hydrogen-bond donors (Lipinski definition) is 2. The molecule has 1 fully saturated rings. The van der Waals surface area contributed by atoms with E-state index in [0.717, 1.165) is 26.1 Å². The first-order valence-corrected chi connectivity index (χ1v) is 5.82. The number of anilines is 1. The number of ether oxygens (including phenoxy) is 1. The molecule has 0 amide bonds. The summed E-state index contributed by atoms with van der Waals surface area (Å²) in [6, 6.07) is 5.69. The van der Waals surface area contributed by atoms with E-state index in [2.05, 4.69) is 10.3 Å². The lowest BCUT2D eigenvalue weighted by Crippen LogP contribution is -2.28. The van der Waals surface area contributed by atoms with Gasteiger partial charge in [-0.25, -0.2) is 4.98 Å². The third kappa shape index (κ3) is 3.12. The van der Waals surface area contributed by atoms with E-state index in [0.29, 0.717) is 11.7 Å². The molecule has 0 unspecified atom stereocenters. The molecule has 0 atom stereocenters. The summed E-state index contributed by atoms with van der Waals surface area (Å²) in [7, 11) is -0.454. The summed E-state index contributed by atoms with van der Waals surface area (Å²) in [5, 5.41) is 21.0. The van der Waals surface area contributed by atoms with Crippen LogP contribution in [0, 0.1) is 11.3 Å². The average Bonchev–Trinajstić information content (AvgIpc) is 2.42. The molecule has 2 N–H and O–H groups in total. The van der Waals surface area contributed by atoms with Crippen molar-refractivity contribution in [3.63, 3.8) is 0 Å². The van der Waals surface area contributed by atoms with E-state index in [4.69, 9.17) is 19.7 Å². The Kier molecular flexibility index (Phi) is 4.39. The number of rotatable bonds is 4. The Labute approximate surface area is 106 Å². The zero-order valence-corrected chi connectivity index (χ0v) is 9.93. The molecule has 1 aliphatic rings. The van der Waals surface area contributed by atoms with Gasteiger partial charge in [0, 0.05) is 25.3 Å². The van der Waals surface area contributed by atoms with Gasteiger partial charge >= 0.3 is 7.69 Å². The SMILES string of the molecule is N#Cc1nc(OBO)ccc1NC1CCOCC1. The molecule has 1 aliphatic heterocycles. The van der Waals surface area contributed by atoms with Gasteiger partial charge in [0.15, 0.2) is 11.6 Å². The third-order valence-electron chi connectivity index (χ3n) is 2.77. The van der Waals surface area contributed by atoms with E-state index in [1.807, 2.05) is 6.07 Å². The predicted octanol–water partition coefficient (Wildman–Crippen LogP) is 0.182. The number of nitrogens with zero attached hydrogens (tertiary/aromatic N) is 2. The molecule has 1 aromatic rings. The van der Waals surface area contributed by atoms with Gasteiger partial charge in [-0.3, -0.25) is 0 Å². The summed E-state index contributed by atoms with van der Waals surface area (Å²) in [5.74, 6) is 0.242. The van der Waals surface area contributed by atoms with Crippen LogP contribution in [-0.4, -0.2) is 36.9 Å². The van der Waals surface area contributed by atoms with Crippen LogP contribution in [0.25, 0.3) is 0 Å². The quantitative estimate of drug-likeness (QED) is 0.738. The number of nitrogens with one attached hydrogen (secondary N) is 1. The van der Waals surface area contributed by atoms with Crippen molar-refractivity contribution in [3.05, 3.63) is 17.8 Å². The van der Waals surface area contributed by atoms with Crippen LogP contribution in [-0.2, 0) is 4.74 Å².